The Kier molecular flexibility index (Phi) is 5.93. The van der Waals surface area contributed by atoms with Gasteiger partial charge in [0.05, 0.1) is 33.6 Å². The second-order valence-electron chi connectivity index (χ2n) is 8.76. The lowest BCUT2D eigenvalue weighted by molar-refractivity contribution is 0.892. The van der Waals surface area contributed by atoms with Gasteiger partial charge in [0.15, 0.2) is 5.82 Å². The maximum Gasteiger partial charge on any atom is 0.281 e. The minimum absolute atomic E-state index is 0.242. The summed E-state index contributed by atoms with van der Waals surface area (Å²) in [7, 11) is 0. The van der Waals surface area contributed by atoms with Gasteiger partial charge in [0.1, 0.15) is 6.07 Å². The van der Waals surface area contributed by atoms with Crippen LogP contribution in [-0.4, -0.2) is 19.7 Å². The Morgan fingerprint density at radius 2 is 1.47 bits per heavy atom. The standard InChI is InChI=1S/C32H21N5O/c33-21-25(31-34-28-14-8-7-13-27(28)32(38)35-31)19-22-15-17-26(18-16-22)37-30(24-11-5-2-6-12-24)20-29(36-37)23-9-3-1-4-10-23/h1-20H,(H,34,35,38). The SMILES string of the molecule is N#CC(=Cc1ccc(-n2nc(-c3ccccc3)cc2-c2ccccc2)cc1)c1nc(=O)c2ccccc2[nH]1. The molecule has 0 unspecified atom stereocenters. The van der Waals surface area contributed by atoms with E-state index in [1.807, 2.05) is 83.5 Å². The number of allylic oxidation sites excluding steroid dienone is 1. The summed E-state index contributed by atoms with van der Waals surface area (Å²) in [5, 5.41) is 15.2. The number of para-hydroxylation sites is 1. The Bertz CT molecular complexity index is 1880. The molecule has 4 aromatic carbocycles. The van der Waals surface area contributed by atoms with Gasteiger partial charge in [-0.1, -0.05) is 84.9 Å². The fraction of sp³-hybridized carbons (Fsp3) is 0. The molecule has 0 spiro atoms. The number of aromatic amines is 1. The van der Waals surface area contributed by atoms with Crippen molar-refractivity contribution in [2.24, 2.45) is 0 Å². The highest BCUT2D eigenvalue weighted by atomic mass is 16.1. The highest BCUT2D eigenvalue weighted by molar-refractivity contribution is 5.89. The van der Waals surface area contributed by atoms with E-state index < -0.39 is 0 Å². The normalized spacial score (nSPS) is 11.4. The zero-order valence-electron chi connectivity index (χ0n) is 20.2. The second-order valence-corrected chi connectivity index (χ2v) is 8.76. The van der Waals surface area contributed by atoms with Crippen LogP contribution in [0.15, 0.2) is 120 Å². The van der Waals surface area contributed by atoms with E-state index in [1.54, 1.807) is 24.3 Å². The lowest BCUT2D eigenvalue weighted by Gasteiger charge is -2.08. The third-order valence-electron chi connectivity index (χ3n) is 6.30. The molecule has 0 saturated heterocycles. The van der Waals surface area contributed by atoms with Crippen LogP contribution in [-0.2, 0) is 0 Å². The summed E-state index contributed by atoms with van der Waals surface area (Å²) in [6, 6.07) is 39.4. The van der Waals surface area contributed by atoms with Crippen molar-refractivity contribution in [3.05, 3.63) is 137 Å². The number of nitrogens with one attached hydrogen (secondary N) is 1. The molecule has 6 rings (SSSR count). The Labute approximate surface area is 218 Å². The molecule has 6 aromatic rings. The number of fused-ring (bicyclic) bond motifs is 1. The summed E-state index contributed by atoms with van der Waals surface area (Å²) >= 11 is 0. The third-order valence-corrected chi connectivity index (χ3v) is 6.30. The highest BCUT2D eigenvalue weighted by Crippen LogP contribution is 2.29. The van der Waals surface area contributed by atoms with Crippen LogP contribution in [0, 0.1) is 11.3 Å². The van der Waals surface area contributed by atoms with Crippen molar-refractivity contribution >= 4 is 22.6 Å². The molecule has 2 aromatic heterocycles. The second kappa shape index (κ2) is 9.84. The van der Waals surface area contributed by atoms with Gasteiger partial charge in [-0.2, -0.15) is 15.3 Å². The van der Waals surface area contributed by atoms with E-state index in [9.17, 15) is 10.1 Å². The molecule has 0 radical (unpaired) electrons. The fourth-order valence-electron chi connectivity index (χ4n) is 4.40. The summed E-state index contributed by atoms with van der Waals surface area (Å²) in [4.78, 5) is 19.6. The summed E-state index contributed by atoms with van der Waals surface area (Å²) in [5.74, 6) is 0.242. The Hall–Kier alpha value is -5.54. The Morgan fingerprint density at radius 3 is 2.18 bits per heavy atom. The molecular formula is C32H21N5O. The topological polar surface area (TPSA) is 87.4 Å². The average molecular weight is 492 g/mol. The molecule has 180 valence electrons. The Morgan fingerprint density at radius 1 is 0.816 bits per heavy atom. The van der Waals surface area contributed by atoms with E-state index in [0.717, 1.165) is 33.8 Å². The Balaban J connectivity index is 1.39. The van der Waals surface area contributed by atoms with Crippen LogP contribution in [0.25, 0.3) is 50.8 Å². The van der Waals surface area contributed by atoms with Crippen molar-refractivity contribution in [1.82, 2.24) is 19.7 Å². The molecule has 0 aliphatic rings. The lowest BCUT2D eigenvalue weighted by Crippen LogP contribution is -2.11. The molecule has 0 amide bonds. The molecule has 0 saturated carbocycles. The molecule has 6 heteroatoms. The maximum absolute atomic E-state index is 12.4. The summed E-state index contributed by atoms with van der Waals surface area (Å²) < 4.78 is 1.93. The minimum atomic E-state index is -0.368. The zero-order valence-corrected chi connectivity index (χ0v) is 20.2. The van der Waals surface area contributed by atoms with Gasteiger partial charge in [0.2, 0.25) is 0 Å². The van der Waals surface area contributed by atoms with Crippen LogP contribution in [0.1, 0.15) is 11.4 Å². The van der Waals surface area contributed by atoms with Gasteiger partial charge in [-0.25, -0.2) is 4.68 Å². The smallest absolute Gasteiger partial charge is 0.281 e. The van der Waals surface area contributed by atoms with Crippen molar-refractivity contribution in [2.75, 3.05) is 0 Å². The van der Waals surface area contributed by atoms with Crippen molar-refractivity contribution in [3.8, 4) is 34.3 Å². The van der Waals surface area contributed by atoms with E-state index in [1.165, 1.54) is 0 Å². The van der Waals surface area contributed by atoms with Crippen LogP contribution >= 0.6 is 0 Å². The van der Waals surface area contributed by atoms with Crippen LogP contribution in [0.5, 0.6) is 0 Å². The van der Waals surface area contributed by atoms with Gasteiger partial charge in [-0.15, -0.1) is 0 Å². The number of hydrogen-bond donors (Lipinski definition) is 1. The summed E-state index contributed by atoms with van der Waals surface area (Å²) in [5.41, 5.74) is 6.19. The predicted octanol–water partition coefficient (Wildman–Crippen LogP) is 6.51. The van der Waals surface area contributed by atoms with E-state index in [4.69, 9.17) is 5.10 Å². The zero-order chi connectivity index (χ0) is 25.9. The van der Waals surface area contributed by atoms with Gasteiger partial charge < -0.3 is 4.98 Å². The number of benzene rings is 4. The number of hydrogen-bond acceptors (Lipinski definition) is 4. The summed E-state index contributed by atoms with van der Waals surface area (Å²) in [6.07, 6.45) is 1.72. The first kappa shape index (κ1) is 22.9. The molecule has 0 bridgehead atoms. The van der Waals surface area contributed by atoms with Crippen LogP contribution < -0.4 is 5.56 Å². The van der Waals surface area contributed by atoms with E-state index in [0.29, 0.717) is 10.9 Å². The van der Waals surface area contributed by atoms with Crippen molar-refractivity contribution in [1.29, 1.82) is 5.26 Å². The van der Waals surface area contributed by atoms with Crippen molar-refractivity contribution in [3.63, 3.8) is 0 Å². The monoisotopic (exact) mass is 491 g/mol. The number of nitriles is 1. The quantitative estimate of drug-likeness (QED) is 0.279. The number of H-pyrrole nitrogens is 1. The third kappa shape index (κ3) is 4.41. The highest BCUT2D eigenvalue weighted by Gasteiger charge is 2.13. The molecule has 0 atom stereocenters. The molecule has 38 heavy (non-hydrogen) atoms. The first-order valence-corrected chi connectivity index (χ1v) is 12.1. The van der Waals surface area contributed by atoms with Crippen LogP contribution in [0.3, 0.4) is 0 Å². The first-order valence-electron chi connectivity index (χ1n) is 12.1. The minimum Gasteiger partial charge on any atom is -0.338 e. The molecular weight excluding hydrogens is 470 g/mol. The molecule has 0 aliphatic carbocycles. The molecule has 6 nitrogen and oxygen atoms in total. The molecule has 1 N–H and O–H groups in total. The van der Waals surface area contributed by atoms with Gasteiger partial charge >= 0.3 is 0 Å². The van der Waals surface area contributed by atoms with Crippen molar-refractivity contribution in [2.45, 2.75) is 0 Å². The van der Waals surface area contributed by atoms with E-state index in [2.05, 4.69) is 34.2 Å². The van der Waals surface area contributed by atoms with Crippen LogP contribution in [0.4, 0.5) is 0 Å². The molecule has 2 heterocycles. The van der Waals surface area contributed by atoms with Crippen LogP contribution in [0.2, 0.25) is 0 Å². The molecule has 0 aliphatic heterocycles. The predicted molar refractivity (Wildman–Crippen MR) is 150 cm³/mol. The van der Waals surface area contributed by atoms with Gasteiger partial charge in [-0.05, 0) is 42.0 Å². The summed E-state index contributed by atoms with van der Waals surface area (Å²) in [6.45, 7) is 0. The van der Waals surface area contributed by atoms with Gasteiger partial charge in [-0.3, -0.25) is 4.79 Å². The van der Waals surface area contributed by atoms with E-state index in [-0.39, 0.29) is 17.0 Å². The maximum atomic E-state index is 12.4. The molecule has 0 fully saturated rings. The van der Waals surface area contributed by atoms with Gasteiger partial charge in [0, 0.05) is 11.1 Å². The van der Waals surface area contributed by atoms with Crippen molar-refractivity contribution < 1.29 is 0 Å². The number of nitrogens with zero attached hydrogens (tertiary/aromatic N) is 4. The fourth-order valence-corrected chi connectivity index (χ4v) is 4.40. The average Bonchev–Trinajstić information content (AvgIpc) is 3.43. The largest absolute Gasteiger partial charge is 0.338 e. The first-order chi connectivity index (χ1) is 18.7. The lowest BCUT2D eigenvalue weighted by atomic mass is 10.1. The number of aromatic nitrogens is 4. The van der Waals surface area contributed by atoms with E-state index >= 15 is 0 Å². The number of rotatable bonds is 5. The van der Waals surface area contributed by atoms with Gasteiger partial charge in [0.25, 0.3) is 5.56 Å².